The summed E-state index contributed by atoms with van der Waals surface area (Å²) in [6.07, 6.45) is 3.21. The molecular weight excluding hydrogens is 508 g/mol. The van der Waals surface area contributed by atoms with Crippen molar-refractivity contribution >= 4 is 28.6 Å². The fourth-order valence-corrected chi connectivity index (χ4v) is 4.40. The molecule has 1 aliphatic rings. The Hall–Kier alpha value is -5.69. The van der Waals surface area contributed by atoms with Crippen LogP contribution in [0.2, 0.25) is 0 Å². The lowest BCUT2D eigenvalue weighted by atomic mass is 10.1. The van der Waals surface area contributed by atoms with E-state index in [2.05, 4.69) is 27.1 Å². The number of anilines is 3. The van der Waals surface area contributed by atoms with E-state index in [1.165, 1.54) is 6.20 Å². The van der Waals surface area contributed by atoms with Crippen molar-refractivity contribution in [2.75, 3.05) is 17.4 Å². The number of hydrogen-bond donors (Lipinski definition) is 3. The summed E-state index contributed by atoms with van der Waals surface area (Å²) in [6, 6.07) is 24.3. The molecule has 0 radical (unpaired) electrons. The van der Waals surface area contributed by atoms with Gasteiger partial charge in [-0.3, -0.25) is 0 Å². The summed E-state index contributed by atoms with van der Waals surface area (Å²) >= 11 is 0. The van der Waals surface area contributed by atoms with Crippen LogP contribution in [0.4, 0.5) is 21.9 Å². The van der Waals surface area contributed by atoms with Gasteiger partial charge in [-0.25, -0.2) is 9.31 Å². The summed E-state index contributed by atoms with van der Waals surface area (Å²) in [6.45, 7) is 2.37. The Morgan fingerprint density at radius 3 is 2.62 bits per heavy atom. The quantitative estimate of drug-likeness (QED) is 0.231. The number of benzene rings is 3. The van der Waals surface area contributed by atoms with Crippen molar-refractivity contribution in [3.63, 3.8) is 0 Å². The summed E-state index contributed by atoms with van der Waals surface area (Å²) in [4.78, 5) is 12.7. The summed E-state index contributed by atoms with van der Waals surface area (Å²) in [7, 11) is 0. The van der Waals surface area contributed by atoms with E-state index in [4.69, 9.17) is 14.2 Å². The van der Waals surface area contributed by atoms with Crippen LogP contribution in [0.3, 0.4) is 0 Å². The number of rotatable bonds is 7. The number of aromatic nitrogens is 2. The first-order chi connectivity index (χ1) is 19.6. The van der Waals surface area contributed by atoms with Crippen molar-refractivity contribution in [2.45, 2.75) is 13.5 Å². The van der Waals surface area contributed by atoms with Gasteiger partial charge in [0.1, 0.15) is 17.6 Å². The highest BCUT2D eigenvalue weighted by molar-refractivity contribution is 5.94. The Kier molecular flexibility index (Phi) is 6.52. The number of para-hydroxylation sites is 1. The summed E-state index contributed by atoms with van der Waals surface area (Å²) in [5.74, 6) is 2.78. The molecule has 6 rings (SSSR count). The Morgan fingerprint density at radius 1 is 1.05 bits per heavy atom. The molecule has 10 heteroatoms. The minimum Gasteiger partial charge on any atom is -0.457 e. The second-order valence-electron chi connectivity index (χ2n) is 9.07. The van der Waals surface area contributed by atoms with E-state index < -0.39 is 0 Å². The lowest BCUT2D eigenvalue weighted by Gasteiger charge is -2.12. The number of carbonyl (C=O) groups excluding carboxylic acids is 1. The van der Waals surface area contributed by atoms with E-state index in [9.17, 15) is 10.1 Å². The molecule has 3 aromatic carbocycles. The van der Waals surface area contributed by atoms with Gasteiger partial charge in [0.05, 0.1) is 34.8 Å². The highest BCUT2D eigenvalue weighted by Gasteiger charge is 2.18. The summed E-state index contributed by atoms with van der Waals surface area (Å²) < 4.78 is 18.2. The zero-order valence-corrected chi connectivity index (χ0v) is 21.5. The standard InChI is InChI=1S/C30H24N6O4/c1-19-25(35-30(37)32-15-20-7-12-26-27(13-20)39-18-38-26)17-36-29(19)28(21(14-31)16-33-36)34-22-8-10-24(11-9-22)40-23-5-3-2-4-6-23/h2-13,16-17,34H,15,18H2,1H3,(H2,32,35,37). The average Bonchev–Trinajstić information content (AvgIpc) is 3.57. The van der Waals surface area contributed by atoms with E-state index in [1.54, 1.807) is 10.7 Å². The lowest BCUT2D eigenvalue weighted by molar-refractivity contribution is 0.174. The number of fused-ring (bicyclic) bond motifs is 2. The molecule has 0 aliphatic carbocycles. The van der Waals surface area contributed by atoms with Crippen LogP contribution in [0, 0.1) is 18.3 Å². The zero-order chi connectivity index (χ0) is 27.5. The van der Waals surface area contributed by atoms with E-state index >= 15 is 0 Å². The smallest absolute Gasteiger partial charge is 0.319 e. The SMILES string of the molecule is Cc1c(NC(=O)NCc2ccc3c(c2)OCO3)cn2ncc(C#N)c(Nc3ccc(Oc4ccccc4)cc3)c12. The molecule has 3 N–H and O–H groups in total. The lowest BCUT2D eigenvalue weighted by Crippen LogP contribution is -2.28. The molecule has 198 valence electrons. The molecule has 2 amide bonds. The van der Waals surface area contributed by atoms with E-state index in [1.807, 2.05) is 79.7 Å². The number of nitrogens with one attached hydrogen (secondary N) is 3. The minimum absolute atomic E-state index is 0.195. The summed E-state index contributed by atoms with van der Waals surface area (Å²) in [5, 5.41) is 23.2. The van der Waals surface area contributed by atoms with Gasteiger partial charge >= 0.3 is 6.03 Å². The van der Waals surface area contributed by atoms with Gasteiger partial charge in [0, 0.05) is 17.8 Å². The molecule has 0 unspecified atom stereocenters. The highest BCUT2D eigenvalue weighted by Crippen LogP contribution is 2.34. The maximum Gasteiger partial charge on any atom is 0.319 e. The third-order valence-electron chi connectivity index (χ3n) is 6.42. The Bertz CT molecular complexity index is 1740. The molecule has 1 aliphatic heterocycles. The van der Waals surface area contributed by atoms with Crippen LogP contribution in [-0.4, -0.2) is 22.4 Å². The first-order valence-corrected chi connectivity index (χ1v) is 12.5. The molecule has 2 aromatic heterocycles. The fourth-order valence-electron chi connectivity index (χ4n) is 4.40. The number of amides is 2. The second-order valence-corrected chi connectivity index (χ2v) is 9.07. The predicted octanol–water partition coefficient (Wildman–Crippen LogP) is 6.10. The normalized spacial score (nSPS) is 11.6. The Labute approximate surface area is 229 Å². The van der Waals surface area contributed by atoms with Crippen LogP contribution in [-0.2, 0) is 6.54 Å². The highest BCUT2D eigenvalue weighted by atomic mass is 16.7. The largest absolute Gasteiger partial charge is 0.457 e. The third kappa shape index (κ3) is 5.04. The van der Waals surface area contributed by atoms with Crippen molar-refractivity contribution in [3.05, 3.63) is 102 Å². The molecule has 0 bridgehead atoms. The number of carbonyl (C=O) groups is 1. The zero-order valence-electron chi connectivity index (χ0n) is 21.5. The van der Waals surface area contributed by atoms with Crippen LogP contribution in [0.5, 0.6) is 23.0 Å². The molecule has 5 aromatic rings. The van der Waals surface area contributed by atoms with Crippen molar-refractivity contribution in [1.29, 1.82) is 5.26 Å². The molecule has 0 atom stereocenters. The van der Waals surface area contributed by atoms with E-state index in [0.29, 0.717) is 46.2 Å². The number of nitrogens with zero attached hydrogens (tertiary/aromatic N) is 3. The molecule has 3 heterocycles. The monoisotopic (exact) mass is 532 g/mol. The number of urea groups is 1. The number of ether oxygens (including phenoxy) is 3. The number of hydrogen-bond acceptors (Lipinski definition) is 7. The first kappa shape index (κ1) is 24.6. The third-order valence-corrected chi connectivity index (χ3v) is 6.42. The molecule has 0 saturated carbocycles. The average molecular weight is 533 g/mol. The fraction of sp³-hybridized carbons (Fsp3) is 0.100. The Morgan fingerprint density at radius 2 is 1.82 bits per heavy atom. The van der Waals surface area contributed by atoms with Crippen molar-refractivity contribution in [2.24, 2.45) is 0 Å². The second kappa shape index (κ2) is 10.6. The van der Waals surface area contributed by atoms with Crippen molar-refractivity contribution in [3.8, 4) is 29.1 Å². The molecule has 0 fully saturated rings. The van der Waals surface area contributed by atoms with Crippen molar-refractivity contribution < 1.29 is 19.0 Å². The molecule has 0 spiro atoms. The van der Waals surface area contributed by atoms with Gasteiger partial charge in [-0.1, -0.05) is 24.3 Å². The molecule has 10 nitrogen and oxygen atoms in total. The van der Waals surface area contributed by atoms with Gasteiger partial charge in [0.2, 0.25) is 6.79 Å². The number of aryl methyl sites for hydroxylation is 1. The van der Waals surface area contributed by atoms with E-state index in [-0.39, 0.29) is 12.8 Å². The molecular formula is C30H24N6O4. The van der Waals surface area contributed by atoms with Gasteiger partial charge in [-0.05, 0) is 61.0 Å². The van der Waals surface area contributed by atoms with Gasteiger partial charge in [0.25, 0.3) is 0 Å². The minimum atomic E-state index is -0.374. The van der Waals surface area contributed by atoms with Crippen LogP contribution >= 0.6 is 0 Å². The van der Waals surface area contributed by atoms with E-state index in [0.717, 1.165) is 22.6 Å². The molecule has 40 heavy (non-hydrogen) atoms. The van der Waals surface area contributed by atoms with Gasteiger partial charge in [-0.15, -0.1) is 0 Å². The van der Waals surface area contributed by atoms with Crippen LogP contribution < -0.4 is 30.2 Å². The Balaban J connectivity index is 1.19. The number of nitriles is 1. The predicted molar refractivity (Wildman–Crippen MR) is 149 cm³/mol. The van der Waals surface area contributed by atoms with Gasteiger partial charge < -0.3 is 30.2 Å². The maximum atomic E-state index is 12.7. The van der Waals surface area contributed by atoms with Crippen LogP contribution in [0.15, 0.2) is 85.2 Å². The molecule has 0 saturated heterocycles. The first-order valence-electron chi connectivity index (χ1n) is 12.5. The topological polar surface area (TPSA) is 122 Å². The van der Waals surface area contributed by atoms with Crippen LogP contribution in [0.1, 0.15) is 16.7 Å². The maximum absolute atomic E-state index is 12.7. The van der Waals surface area contributed by atoms with Crippen molar-refractivity contribution in [1.82, 2.24) is 14.9 Å². The van der Waals surface area contributed by atoms with Gasteiger partial charge in [-0.2, -0.15) is 10.4 Å². The summed E-state index contributed by atoms with van der Waals surface area (Å²) in [5.41, 5.74) is 4.61. The van der Waals surface area contributed by atoms with Gasteiger partial charge in [0.15, 0.2) is 11.5 Å². The van der Waals surface area contributed by atoms with Crippen LogP contribution in [0.25, 0.3) is 5.52 Å².